The van der Waals surface area contributed by atoms with Gasteiger partial charge in [-0.1, -0.05) is 6.07 Å². The van der Waals surface area contributed by atoms with Gasteiger partial charge in [0, 0.05) is 10.6 Å². The zero-order valence-corrected chi connectivity index (χ0v) is 11.0. The van der Waals surface area contributed by atoms with Crippen molar-refractivity contribution in [1.82, 2.24) is 0 Å². The molecule has 0 aromatic heterocycles. The average molecular weight is 275 g/mol. The second-order valence-corrected chi connectivity index (χ2v) is 6.24. The Hall–Kier alpha value is -1.21. The van der Waals surface area contributed by atoms with Crippen LogP contribution in [0.3, 0.4) is 0 Å². The molecule has 1 rings (SSSR count). The van der Waals surface area contributed by atoms with Gasteiger partial charge >= 0.3 is 5.97 Å². The molecule has 2 N–H and O–H groups in total. The number of thioether (sulfide) groups is 1. The van der Waals surface area contributed by atoms with Crippen LogP contribution in [0.1, 0.15) is 6.92 Å². The van der Waals surface area contributed by atoms with E-state index in [0.29, 0.717) is 5.69 Å². The molecule has 1 aromatic rings. The SMILES string of the molecule is CSc1cccc(NS(=O)(=O)C(C)C(=O)O)c1. The number of nitrogens with one attached hydrogen (secondary N) is 1. The summed E-state index contributed by atoms with van der Waals surface area (Å²) in [4.78, 5) is 11.5. The van der Waals surface area contributed by atoms with Gasteiger partial charge in [0.15, 0.2) is 5.25 Å². The maximum Gasteiger partial charge on any atom is 0.323 e. The fourth-order valence-corrected chi connectivity index (χ4v) is 2.43. The van der Waals surface area contributed by atoms with Crippen molar-refractivity contribution in [2.24, 2.45) is 0 Å². The lowest BCUT2D eigenvalue weighted by atomic mass is 10.3. The molecule has 0 aliphatic rings. The van der Waals surface area contributed by atoms with Crippen molar-refractivity contribution in [3.63, 3.8) is 0 Å². The molecule has 1 aromatic carbocycles. The molecule has 0 radical (unpaired) electrons. The maximum atomic E-state index is 11.6. The van der Waals surface area contributed by atoms with Gasteiger partial charge in [0.05, 0.1) is 0 Å². The van der Waals surface area contributed by atoms with Crippen LogP contribution in [-0.4, -0.2) is 31.0 Å². The highest BCUT2D eigenvalue weighted by molar-refractivity contribution is 7.98. The Labute approximate surface area is 104 Å². The van der Waals surface area contributed by atoms with Gasteiger partial charge in [0.1, 0.15) is 0 Å². The summed E-state index contributed by atoms with van der Waals surface area (Å²) in [5.74, 6) is -1.38. The second kappa shape index (κ2) is 5.42. The number of carbonyl (C=O) groups is 1. The first-order valence-corrected chi connectivity index (χ1v) is 7.52. The van der Waals surface area contributed by atoms with Crippen LogP contribution in [0.2, 0.25) is 0 Å². The number of aliphatic carboxylic acids is 1. The third kappa shape index (κ3) is 3.64. The number of anilines is 1. The fraction of sp³-hybridized carbons (Fsp3) is 0.300. The number of benzene rings is 1. The van der Waals surface area contributed by atoms with Gasteiger partial charge in [0.2, 0.25) is 10.0 Å². The second-order valence-electron chi connectivity index (χ2n) is 3.36. The summed E-state index contributed by atoms with van der Waals surface area (Å²) < 4.78 is 25.5. The molecule has 0 saturated carbocycles. The minimum absolute atomic E-state index is 0.366. The Morgan fingerprint density at radius 1 is 1.47 bits per heavy atom. The van der Waals surface area contributed by atoms with Crippen LogP contribution in [-0.2, 0) is 14.8 Å². The number of rotatable bonds is 5. The van der Waals surface area contributed by atoms with Crippen molar-refractivity contribution in [2.75, 3.05) is 11.0 Å². The molecule has 5 nitrogen and oxygen atoms in total. The van der Waals surface area contributed by atoms with Gasteiger partial charge in [-0.2, -0.15) is 0 Å². The van der Waals surface area contributed by atoms with Crippen LogP contribution in [0, 0.1) is 0 Å². The van der Waals surface area contributed by atoms with E-state index in [0.717, 1.165) is 11.8 Å². The van der Waals surface area contributed by atoms with Gasteiger partial charge in [-0.3, -0.25) is 9.52 Å². The first-order chi connectivity index (χ1) is 7.86. The highest BCUT2D eigenvalue weighted by atomic mass is 32.2. The molecular formula is C10H13NO4S2. The van der Waals surface area contributed by atoms with Crippen LogP contribution < -0.4 is 4.72 Å². The molecule has 0 aliphatic heterocycles. The lowest BCUT2D eigenvalue weighted by molar-refractivity contribution is -0.136. The predicted molar refractivity (Wildman–Crippen MR) is 67.9 cm³/mol. The quantitative estimate of drug-likeness (QED) is 0.798. The number of sulfonamides is 1. The largest absolute Gasteiger partial charge is 0.480 e. The van der Waals surface area contributed by atoms with Gasteiger partial charge in [-0.05, 0) is 31.4 Å². The lowest BCUT2D eigenvalue weighted by Gasteiger charge is -2.11. The molecule has 1 unspecified atom stereocenters. The Kier molecular flexibility index (Phi) is 4.41. The highest BCUT2D eigenvalue weighted by Gasteiger charge is 2.27. The van der Waals surface area contributed by atoms with Gasteiger partial charge in [-0.25, -0.2) is 8.42 Å². The standard InChI is InChI=1S/C10H13NO4S2/c1-7(10(12)13)17(14,15)11-8-4-3-5-9(6-8)16-2/h3-7,11H,1-2H3,(H,12,13). The molecule has 17 heavy (non-hydrogen) atoms. The van der Waals surface area contributed by atoms with Crippen LogP contribution in [0.4, 0.5) is 5.69 Å². The molecule has 0 bridgehead atoms. The first kappa shape index (κ1) is 13.9. The normalized spacial score (nSPS) is 13.1. The van der Waals surface area contributed by atoms with E-state index in [9.17, 15) is 13.2 Å². The average Bonchev–Trinajstić information content (AvgIpc) is 2.27. The highest BCUT2D eigenvalue weighted by Crippen LogP contribution is 2.20. The van der Waals surface area contributed by atoms with Gasteiger partial charge in [0.25, 0.3) is 0 Å². The van der Waals surface area contributed by atoms with Gasteiger partial charge in [-0.15, -0.1) is 11.8 Å². The molecule has 0 spiro atoms. The summed E-state index contributed by atoms with van der Waals surface area (Å²) in [5, 5.41) is 7.19. The van der Waals surface area contributed by atoms with E-state index in [4.69, 9.17) is 5.11 Å². The lowest BCUT2D eigenvalue weighted by Crippen LogP contribution is -2.32. The summed E-state index contributed by atoms with van der Waals surface area (Å²) >= 11 is 1.47. The molecule has 0 fully saturated rings. The summed E-state index contributed by atoms with van der Waals surface area (Å²) in [7, 11) is -3.90. The van der Waals surface area contributed by atoms with E-state index < -0.39 is 21.2 Å². The molecule has 0 aliphatic carbocycles. The Morgan fingerprint density at radius 2 is 2.12 bits per heavy atom. The number of hydrogen-bond donors (Lipinski definition) is 2. The number of hydrogen-bond acceptors (Lipinski definition) is 4. The van der Waals surface area contributed by atoms with E-state index in [1.54, 1.807) is 18.2 Å². The fourth-order valence-electron chi connectivity index (χ4n) is 1.07. The summed E-state index contributed by atoms with van der Waals surface area (Å²) in [5.41, 5.74) is 0.366. The van der Waals surface area contributed by atoms with E-state index in [1.165, 1.54) is 11.8 Å². The van der Waals surface area contributed by atoms with Crippen molar-refractivity contribution < 1.29 is 18.3 Å². The number of carboxylic acid groups (broad SMARTS) is 1. The third-order valence-electron chi connectivity index (χ3n) is 2.14. The predicted octanol–water partition coefficient (Wildman–Crippen LogP) is 1.62. The van der Waals surface area contributed by atoms with Gasteiger partial charge < -0.3 is 5.11 Å². The molecule has 0 heterocycles. The zero-order valence-electron chi connectivity index (χ0n) is 9.38. The first-order valence-electron chi connectivity index (χ1n) is 4.75. The molecule has 1 atom stereocenters. The summed E-state index contributed by atoms with van der Waals surface area (Å²) in [6, 6.07) is 6.76. The van der Waals surface area contributed by atoms with E-state index >= 15 is 0 Å². The third-order valence-corrected chi connectivity index (χ3v) is 4.52. The topological polar surface area (TPSA) is 83.5 Å². The van der Waals surface area contributed by atoms with E-state index in [-0.39, 0.29) is 0 Å². The molecular weight excluding hydrogens is 262 g/mol. The number of carboxylic acids is 1. The van der Waals surface area contributed by atoms with E-state index in [1.807, 2.05) is 12.3 Å². The molecule has 0 saturated heterocycles. The monoisotopic (exact) mass is 275 g/mol. The van der Waals surface area contributed by atoms with Crippen molar-refractivity contribution >= 4 is 33.4 Å². The van der Waals surface area contributed by atoms with Crippen molar-refractivity contribution in [2.45, 2.75) is 17.1 Å². The van der Waals surface area contributed by atoms with Crippen LogP contribution in [0.15, 0.2) is 29.2 Å². The van der Waals surface area contributed by atoms with Crippen molar-refractivity contribution in [3.8, 4) is 0 Å². The minimum Gasteiger partial charge on any atom is -0.480 e. The van der Waals surface area contributed by atoms with Crippen LogP contribution in [0.25, 0.3) is 0 Å². The summed E-state index contributed by atoms with van der Waals surface area (Å²) in [6.45, 7) is 1.13. The van der Waals surface area contributed by atoms with Crippen molar-refractivity contribution in [1.29, 1.82) is 0 Å². The molecule has 7 heteroatoms. The Balaban J connectivity index is 2.94. The summed E-state index contributed by atoms with van der Waals surface area (Å²) in [6.07, 6.45) is 1.87. The Bertz CT molecular complexity index is 513. The smallest absolute Gasteiger partial charge is 0.323 e. The van der Waals surface area contributed by atoms with E-state index in [2.05, 4.69) is 4.72 Å². The molecule has 94 valence electrons. The zero-order chi connectivity index (χ0) is 13.1. The maximum absolute atomic E-state index is 11.6. The minimum atomic E-state index is -3.90. The van der Waals surface area contributed by atoms with Crippen molar-refractivity contribution in [3.05, 3.63) is 24.3 Å². The molecule has 0 amide bonds. The van der Waals surface area contributed by atoms with Crippen LogP contribution >= 0.6 is 11.8 Å². The van der Waals surface area contributed by atoms with Crippen LogP contribution in [0.5, 0.6) is 0 Å². The Morgan fingerprint density at radius 3 is 2.65 bits per heavy atom.